The van der Waals surface area contributed by atoms with Gasteiger partial charge >= 0.3 is 0 Å². The summed E-state index contributed by atoms with van der Waals surface area (Å²) in [5.74, 6) is -0.665. The van der Waals surface area contributed by atoms with E-state index in [-0.39, 0.29) is 18.3 Å². The summed E-state index contributed by atoms with van der Waals surface area (Å²) < 4.78 is 14.7. The molecule has 5 nitrogen and oxygen atoms in total. The number of fused-ring (bicyclic) bond motifs is 1. The van der Waals surface area contributed by atoms with Gasteiger partial charge in [0.25, 0.3) is 0 Å². The number of para-hydroxylation sites is 1. The van der Waals surface area contributed by atoms with Crippen LogP contribution in [0.1, 0.15) is 5.56 Å². The molecular formula is C15H13FN4O. The van der Waals surface area contributed by atoms with Gasteiger partial charge in [0.15, 0.2) is 0 Å². The number of carbonyl (C=O) groups is 1. The van der Waals surface area contributed by atoms with Gasteiger partial charge in [-0.2, -0.15) is 0 Å². The second-order valence-corrected chi connectivity index (χ2v) is 4.74. The zero-order valence-electron chi connectivity index (χ0n) is 11.4. The van der Waals surface area contributed by atoms with Crippen molar-refractivity contribution < 1.29 is 9.18 Å². The number of benzene rings is 2. The predicted molar refractivity (Wildman–Crippen MR) is 77.3 cm³/mol. The van der Waals surface area contributed by atoms with Crippen LogP contribution in [0.15, 0.2) is 42.5 Å². The number of rotatable bonds is 3. The van der Waals surface area contributed by atoms with Crippen LogP contribution in [-0.4, -0.2) is 20.9 Å². The van der Waals surface area contributed by atoms with Crippen LogP contribution in [0, 0.1) is 12.7 Å². The lowest BCUT2D eigenvalue weighted by molar-refractivity contribution is -0.116. The van der Waals surface area contributed by atoms with Crippen molar-refractivity contribution >= 4 is 22.6 Å². The molecular weight excluding hydrogens is 271 g/mol. The number of aryl methyl sites for hydroxylation is 1. The molecule has 0 bridgehead atoms. The number of hydrogen-bond donors (Lipinski definition) is 1. The lowest BCUT2D eigenvalue weighted by Gasteiger charge is -2.08. The zero-order chi connectivity index (χ0) is 14.8. The molecule has 6 heteroatoms. The van der Waals surface area contributed by atoms with E-state index in [1.807, 2.05) is 24.3 Å². The van der Waals surface area contributed by atoms with Gasteiger partial charge < -0.3 is 5.32 Å². The number of carbonyl (C=O) groups excluding carboxylic acids is 1. The van der Waals surface area contributed by atoms with Crippen molar-refractivity contribution in [2.45, 2.75) is 13.5 Å². The molecule has 2 aromatic carbocycles. The smallest absolute Gasteiger partial charge is 0.246 e. The van der Waals surface area contributed by atoms with Gasteiger partial charge in [0.1, 0.15) is 17.9 Å². The summed E-state index contributed by atoms with van der Waals surface area (Å²) in [7, 11) is 0. The average molecular weight is 284 g/mol. The summed E-state index contributed by atoms with van der Waals surface area (Å²) in [5.41, 5.74) is 2.77. The second-order valence-electron chi connectivity index (χ2n) is 4.74. The van der Waals surface area contributed by atoms with Crippen LogP contribution in [0.4, 0.5) is 10.1 Å². The van der Waals surface area contributed by atoms with Crippen molar-refractivity contribution in [3.8, 4) is 0 Å². The van der Waals surface area contributed by atoms with Gasteiger partial charge in [0.05, 0.1) is 5.52 Å². The molecule has 0 atom stereocenters. The van der Waals surface area contributed by atoms with E-state index >= 15 is 0 Å². The first-order chi connectivity index (χ1) is 10.1. The topological polar surface area (TPSA) is 59.8 Å². The number of hydrogen-bond acceptors (Lipinski definition) is 3. The first-order valence-electron chi connectivity index (χ1n) is 6.48. The highest BCUT2D eigenvalue weighted by atomic mass is 19.1. The Morgan fingerprint density at radius 1 is 1.29 bits per heavy atom. The number of nitrogens with one attached hydrogen (secondary N) is 1. The average Bonchev–Trinajstić information content (AvgIpc) is 2.86. The fourth-order valence-corrected chi connectivity index (χ4v) is 2.09. The van der Waals surface area contributed by atoms with Crippen LogP contribution in [0.2, 0.25) is 0 Å². The monoisotopic (exact) mass is 284 g/mol. The number of anilines is 1. The maximum Gasteiger partial charge on any atom is 0.246 e. The summed E-state index contributed by atoms with van der Waals surface area (Å²) in [6, 6.07) is 11.7. The van der Waals surface area contributed by atoms with Crippen molar-refractivity contribution in [1.29, 1.82) is 0 Å². The third-order valence-electron chi connectivity index (χ3n) is 3.19. The highest BCUT2D eigenvalue weighted by Gasteiger charge is 2.10. The lowest BCUT2D eigenvalue weighted by Crippen LogP contribution is -2.20. The molecule has 0 spiro atoms. The summed E-state index contributed by atoms with van der Waals surface area (Å²) in [6.45, 7) is 1.83. The van der Waals surface area contributed by atoms with Crippen LogP contribution < -0.4 is 5.32 Å². The van der Waals surface area contributed by atoms with Crippen LogP contribution in [0.3, 0.4) is 0 Å². The quantitative estimate of drug-likeness (QED) is 0.804. The SMILES string of the molecule is Cc1ccc(F)cc1NC(=O)Cn1nnc2ccccc21. The first kappa shape index (κ1) is 13.2. The van der Waals surface area contributed by atoms with Crippen molar-refractivity contribution in [1.82, 2.24) is 15.0 Å². The van der Waals surface area contributed by atoms with E-state index in [2.05, 4.69) is 15.6 Å². The molecule has 0 saturated heterocycles. The van der Waals surface area contributed by atoms with Gasteiger partial charge in [-0.1, -0.05) is 23.4 Å². The third-order valence-corrected chi connectivity index (χ3v) is 3.19. The van der Waals surface area contributed by atoms with E-state index in [9.17, 15) is 9.18 Å². The van der Waals surface area contributed by atoms with E-state index in [0.29, 0.717) is 5.69 Å². The maximum absolute atomic E-state index is 13.2. The Labute approximate surface area is 120 Å². The molecule has 1 aromatic heterocycles. The van der Waals surface area contributed by atoms with Gasteiger partial charge in [-0.15, -0.1) is 5.10 Å². The molecule has 0 radical (unpaired) electrons. The Bertz CT molecular complexity index is 812. The zero-order valence-corrected chi connectivity index (χ0v) is 11.4. The van der Waals surface area contributed by atoms with E-state index < -0.39 is 0 Å². The minimum absolute atomic E-state index is 0.0243. The van der Waals surface area contributed by atoms with Crippen molar-refractivity contribution in [2.24, 2.45) is 0 Å². The van der Waals surface area contributed by atoms with E-state index in [1.54, 1.807) is 13.0 Å². The second kappa shape index (κ2) is 5.32. The predicted octanol–water partition coefficient (Wildman–Crippen LogP) is 2.52. The number of aromatic nitrogens is 3. The van der Waals surface area contributed by atoms with Gasteiger partial charge in [-0.25, -0.2) is 9.07 Å². The Kier molecular flexibility index (Phi) is 3.35. The van der Waals surface area contributed by atoms with Gasteiger partial charge in [0, 0.05) is 5.69 Å². The summed E-state index contributed by atoms with van der Waals surface area (Å²) >= 11 is 0. The van der Waals surface area contributed by atoms with Crippen molar-refractivity contribution in [3.63, 3.8) is 0 Å². The molecule has 0 fully saturated rings. The molecule has 3 aromatic rings. The standard InChI is InChI=1S/C15H13FN4O/c1-10-6-7-11(16)8-13(10)17-15(21)9-20-14-5-3-2-4-12(14)18-19-20/h2-8H,9H2,1H3,(H,17,21). The van der Waals surface area contributed by atoms with Crippen LogP contribution in [0.5, 0.6) is 0 Å². The van der Waals surface area contributed by atoms with E-state index in [1.165, 1.54) is 16.8 Å². The molecule has 1 heterocycles. The maximum atomic E-state index is 13.2. The number of amides is 1. The normalized spacial score (nSPS) is 10.8. The molecule has 0 aliphatic heterocycles. The Morgan fingerprint density at radius 2 is 2.10 bits per heavy atom. The molecule has 1 amide bonds. The largest absolute Gasteiger partial charge is 0.324 e. The minimum Gasteiger partial charge on any atom is -0.324 e. The molecule has 0 unspecified atom stereocenters. The summed E-state index contributed by atoms with van der Waals surface area (Å²) in [5, 5.41) is 10.6. The Balaban J connectivity index is 1.79. The van der Waals surface area contributed by atoms with Crippen molar-refractivity contribution in [2.75, 3.05) is 5.32 Å². The molecule has 3 rings (SSSR count). The minimum atomic E-state index is -0.387. The van der Waals surface area contributed by atoms with Crippen LogP contribution in [0.25, 0.3) is 11.0 Å². The van der Waals surface area contributed by atoms with Gasteiger partial charge in [0.2, 0.25) is 5.91 Å². The lowest BCUT2D eigenvalue weighted by atomic mass is 10.2. The Hall–Kier alpha value is -2.76. The van der Waals surface area contributed by atoms with Crippen LogP contribution in [-0.2, 0) is 11.3 Å². The van der Waals surface area contributed by atoms with Crippen LogP contribution >= 0.6 is 0 Å². The molecule has 1 N–H and O–H groups in total. The number of halogens is 1. The fourth-order valence-electron chi connectivity index (χ4n) is 2.09. The summed E-state index contributed by atoms with van der Waals surface area (Å²) in [6.07, 6.45) is 0. The molecule has 21 heavy (non-hydrogen) atoms. The van der Waals surface area contributed by atoms with Gasteiger partial charge in [-0.05, 0) is 36.8 Å². The van der Waals surface area contributed by atoms with Gasteiger partial charge in [-0.3, -0.25) is 4.79 Å². The molecule has 0 saturated carbocycles. The van der Waals surface area contributed by atoms with Crippen molar-refractivity contribution in [3.05, 3.63) is 53.8 Å². The third kappa shape index (κ3) is 2.74. The molecule has 106 valence electrons. The fraction of sp³-hybridized carbons (Fsp3) is 0.133. The van der Waals surface area contributed by atoms with E-state index in [4.69, 9.17) is 0 Å². The molecule has 0 aliphatic carbocycles. The highest BCUT2D eigenvalue weighted by Crippen LogP contribution is 2.16. The summed E-state index contributed by atoms with van der Waals surface area (Å²) in [4.78, 5) is 12.1. The highest BCUT2D eigenvalue weighted by molar-refractivity contribution is 5.92. The Morgan fingerprint density at radius 3 is 2.95 bits per heavy atom. The molecule has 0 aliphatic rings. The first-order valence-corrected chi connectivity index (χ1v) is 6.48. The van der Waals surface area contributed by atoms with E-state index in [0.717, 1.165) is 16.6 Å². The number of nitrogens with zero attached hydrogens (tertiary/aromatic N) is 3.